The Balaban J connectivity index is 2.78. The van der Waals surface area contributed by atoms with Gasteiger partial charge >= 0.3 is 0 Å². The van der Waals surface area contributed by atoms with Crippen LogP contribution in [0, 0.1) is 0 Å². The predicted octanol–water partition coefficient (Wildman–Crippen LogP) is 4.45. The first-order valence-electron chi connectivity index (χ1n) is 8.41. The first-order valence-corrected chi connectivity index (χ1v) is 19.5. The van der Waals surface area contributed by atoms with Crippen LogP contribution in [0.5, 0.6) is 0 Å². The van der Waals surface area contributed by atoms with Crippen molar-refractivity contribution in [2.24, 2.45) is 0 Å². The second kappa shape index (κ2) is 6.51. The van der Waals surface area contributed by atoms with Gasteiger partial charge in [-0.15, -0.1) is 0 Å². The summed E-state index contributed by atoms with van der Waals surface area (Å²) in [5, 5.41) is 13.1. The Bertz CT molecular complexity index is 613. The van der Waals surface area contributed by atoms with Crippen molar-refractivity contribution in [2.75, 3.05) is 0 Å². The number of aliphatic hydroxyl groups excluding tert-OH is 1. The van der Waals surface area contributed by atoms with Gasteiger partial charge < -0.3 is 5.11 Å². The second-order valence-corrected chi connectivity index (χ2v) is 35.5. The van der Waals surface area contributed by atoms with Crippen LogP contribution in [-0.4, -0.2) is 27.4 Å². The van der Waals surface area contributed by atoms with Crippen molar-refractivity contribution in [1.82, 2.24) is 0 Å². The van der Waals surface area contributed by atoms with Crippen LogP contribution in [-0.2, 0) is 0 Å². The highest BCUT2D eigenvalue weighted by atomic mass is 29.6. The summed E-state index contributed by atoms with van der Waals surface area (Å²) in [5.41, 5.74) is 0.789. The molecular weight excluding hydrogens is 328 g/mol. The third-order valence-electron chi connectivity index (χ3n) is 5.12. The molecule has 2 rings (SSSR count). The van der Waals surface area contributed by atoms with Gasteiger partial charge in [0, 0.05) is 15.2 Å². The molecule has 2 aromatic rings. The molecule has 0 fully saturated rings. The van der Waals surface area contributed by atoms with E-state index >= 15 is 0 Å². The maximum Gasteiger partial charge on any atom is 0.111 e. The first kappa shape index (κ1) is 18.4. The lowest BCUT2D eigenvalue weighted by Gasteiger charge is -2.53. The summed E-state index contributed by atoms with van der Waals surface area (Å²) in [6.07, 6.45) is 0. The number of benzene rings is 2. The highest BCUT2D eigenvalue weighted by Crippen LogP contribution is 2.38. The fourth-order valence-electron chi connectivity index (χ4n) is 4.56. The molecule has 0 spiro atoms. The van der Waals surface area contributed by atoms with E-state index in [9.17, 15) is 5.11 Å². The van der Waals surface area contributed by atoms with Crippen molar-refractivity contribution < 1.29 is 5.11 Å². The lowest BCUT2D eigenvalue weighted by Crippen LogP contribution is -2.81. The van der Waals surface area contributed by atoms with Crippen molar-refractivity contribution in [3.05, 3.63) is 66.2 Å². The van der Waals surface area contributed by atoms with Gasteiger partial charge in [-0.3, -0.25) is 0 Å². The minimum Gasteiger partial charge on any atom is -0.392 e. The molecule has 1 nitrogen and oxygen atoms in total. The lowest BCUT2D eigenvalue weighted by atomic mass is 10.2. The predicted molar refractivity (Wildman–Crippen MR) is 110 cm³/mol. The van der Waals surface area contributed by atoms with Gasteiger partial charge in [0.15, 0.2) is 0 Å². The summed E-state index contributed by atoms with van der Waals surface area (Å²) in [4.78, 5) is 0. The second-order valence-electron chi connectivity index (χ2n) is 8.49. The standard InChI is InChI=1S/C19H30OSi3/c1-21(2,3)23(22(4,5)6,18-15-11-8-12-16-18)19(20)17-13-9-7-10-14-17/h7-16,19-20H,1-6H3. The number of aliphatic hydroxyl groups is 1. The van der Waals surface area contributed by atoms with Crippen molar-refractivity contribution >= 4 is 27.5 Å². The number of rotatable bonds is 5. The van der Waals surface area contributed by atoms with E-state index in [1.807, 2.05) is 6.07 Å². The van der Waals surface area contributed by atoms with Crippen LogP contribution in [0.2, 0.25) is 39.3 Å². The molecule has 0 aliphatic rings. The Morgan fingerprint density at radius 2 is 1.04 bits per heavy atom. The molecule has 4 heteroatoms. The summed E-state index contributed by atoms with van der Waals surface area (Å²) in [6, 6.07) is 21.3. The van der Waals surface area contributed by atoms with Gasteiger partial charge in [0.2, 0.25) is 0 Å². The molecule has 23 heavy (non-hydrogen) atoms. The zero-order valence-electron chi connectivity index (χ0n) is 15.3. The van der Waals surface area contributed by atoms with Gasteiger partial charge in [-0.25, -0.2) is 0 Å². The molecule has 2 aromatic carbocycles. The highest BCUT2D eigenvalue weighted by molar-refractivity contribution is 7.73. The highest BCUT2D eigenvalue weighted by Gasteiger charge is 2.60. The Kier molecular flexibility index (Phi) is 5.21. The topological polar surface area (TPSA) is 20.2 Å². The largest absolute Gasteiger partial charge is 0.392 e. The van der Waals surface area contributed by atoms with Gasteiger partial charge in [-0.1, -0.05) is 105 Å². The molecule has 124 valence electrons. The minimum absolute atomic E-state index is 0.315. The molecule has 0 aliphatic heterocycles. The van der Waals surface area contributed by atoms with Crippen LogP contribution in [0.3, 0.4) is 0 Å². The fourth-order valence-corrected chi connectivity index (χ4v) is 51.0. The minimum atomic E-state index is -2.09. The van der Waals surface area contributed by atoms with Crippen LogP contribution in [0.4, 0.5) is 0 Å². The average molecular weight is 359 g/mol. The Morgan fingerprint density at radius 1 is 0.652 bits per heavy atom. The lowest BCUT2D eigenvalue weighted by molar-refractivity contribution is 0.255. The zero-order chi connectivity index (χ0) is 17.3. The van der Waals surface area contributed by atoms with E-state index in [0.717, 1.165) is 5.56 Å². The van der Waals surface area contributed by atoms with Crippen molar-refractivity contribution in [3.8, 4) is 0 Å². The zero-order valence-corrected chi connectivity index (χ0v) is 18.3. The Labute approximate surface area is 144 Å². The third-order valence-corrected chi connectivity index (χ3v) is 43.3. The summed E-state index contributed by atoms with van der Waals surface area (Å²) in [7, 11) is -5.30. The van der Waals surface area contributed by atoms with Crippen molar-refractivity contribution in [1.29, 1.82) is 0 Å². The van der Waals surface area contributed by atoms with Crippen LogP contribution in [0.25, 0.3) is 0 Å². The Morgan fingerprint density at radius 3 is 1.43 bits per heavy atom. The molecule has 0 bridgehead atoms. The van der Waals surface area contributed by atoms with E-state index in [0.29, 0.717) is 0 Å². The molecule has 1 N–H and O–H groups in total. The summed E-state index contributed by atoms with van der Waals surface area (Å²) < 4.78 is 0. The van der Waals surface area contributed by atoms with E-state index in [1.54, 1.807) is 0 Å². The third kappa shape index (κ3) is 3.18. The smallest absolute Gasteiger partial charge is 0.111 e. The van der Waals surface area contributed by atoms with Crippen LogP contribution in [0.15, 0.2) is 60.7 Å². The van der Waals surface area contributed by atoms with Gasteiger partial charge in [0.25, 0.3) is 0 Å². The van der Waals surface area contributed by atoms with Crippen molar-refractivity contribution in [3.63, 3.8) is 0 Å². The summed E-state index contributed by atoms with van der Waals surface area (Å²) >= 11 is 0. The van der Waals surface area contributed by atoms with Gasteiger partial charge in [0.05, 0.1) is 5.73 Å². The first-order chi connectivity index (χ1) is 10.6. The summed E-state index contributed by atoms with van der Waals surface area (Å²) in [6.45, 7) is 14.8. The van der Waals surface area contributed by atoms with E-state index in [-0.39, 0.29) is 5.73 Å². The Hall–Kier alpha value is -0.949. The quantitative estimate of drug-likeness (QED) is 0.783. The molecule has 0 heterocycles. The fraction of sp³-hybridized carbons (Fsp3) is 0.368. The molecule has 0 aromatic heterocycles. The van der Waals surface area contributed by atoms with Gasteiger partial charge in [0.1, 0.15) is 7.11 Å². The molecule has 1 atom stereocenters. The van der Waals surface area contributed by atoms with Crippen LogP contribution >= 0.6 is 0 Å². The maximum atomic E-state index is 11.7. The van der Waals surface area contributed by atoms with E-state index in [2.05, 4.69) is 93.9 Å². The van der Waals surface area contributed by atoms with Crippen molar-refractivity contribution in [2.45, 2.75) is 45.0 Å². The van der Waals surface area contributed by atoms with Gasteiger partial charge in [-0.2, -0.15) is 0 Å². The van der Waals surface area contributed by atoms with E-state index in [4.69, 9.17) is 0 Å². The van der Waals surface area contributed by atoms with Gasteiger partial charge in [-0.05, 0) is 5.56 Å². The van der Waals surface area contributed by atoms with E-state index in [1.165, 1.54) is 5.19 Å². The molecule has 0 aliphatic carbocycles. The monoisotopic (exact) mass is 358 g/mol. The molecule has 0 saturated carbocycles. The number of hydrogen-bond acceptors (Lipinski definition) is 1. The SMILES string of the molecule is C[Si](C)(C)[Si](c1ccccc1)(C(O)c1ccccc1)[Si](C)(C)C. The maximum absolute atomic E-state index is 11.7. The summed E-state index contributed by atoms with van der Waals surface area (Å²) in [5.74, 6) is 0. The normalized spacial score (nSPS) is 14.6. The molecular formula is C19H30OSi3. The number of hydrogen-bond donors (Lipinski definition) is 1. The average Bonchev–Trinajstić information content (AvgIpc) is 2.47. The van der Waals surface area contributed by atoms with Crippen LogP contribution in [0.1, 0.15) is 11.3 Å². The molecule has 1 unspecified atom stereocenters. The van der Waals surface area contributed by atoms with E-state index < -0.39 is 22.3 Å². The molecule has 0 amide bonds. The van der Waals surface area contributed by atoms with Crippen LogP contribution < -0.4 is 5.19 Å². The molecule has 0 radical (unpaired) electrons. The molecule has 0 saturated heterocycles.